The molecule has 0 saturated heterocycles. The van der Waals surface area contributed by atoms with Gasteiger partial charge in [0.05, 0.1) is 5.69 Å². The van der Waals surface area contributed by atoms with Crippen LogP contribution in [0, 0.1) is 0 Å². The van der Waals surface area contributed by atoms with E-state index in [0.29, 0.717) is 0 Å². The van der Waals surface area contributed by atoms with Crippen molar-refractivity contribution in [3.63, 3.8) is 0 Å². The Morgan fingerprint density at radius 1 is 1.38 bits per heavy atom. The zero-order valence-corrected chi connectivity index (χ0v) is 10.7. The van der Waals surface area contributed by atoms with Gasteiger partial charge in [-0.25, -0.2) is 4.68 Å². The molecule has 2 N–H and O–H groups in total. The molecule has 0 amide bonds. The van der Waals surface area contributed by atoms with Crippen LogP contribution in [0.4, 0.5) is 5.82 Å². The number of aryl methyl sites for hydroxylation is 1. The summed E-state index contributed by atoms with van der Waals surface area (Å²) in [6.45, 7) is 2.97. The zero-order chi connectivity index (χ0) is 11.5. The van der Waals surface area contributed by atoms with Gasteiger partial charge in [-0.1, -0.05) is 35.0 Å². The van der Waals surface area contributed by atoms with Gasteiger partial charge in [0, 0.05) is 22.6 Å². The molecule has 0 spiro atoms. The lowest BCUT2D eigenvalue weighted by atomic mass is 10.2. The minimum absolute atomic E-state index is 0.719. The van der Waals surface area contributed by atoms with Crippen LogP contribution < -0.4 is 5.73 Å². The number of nitrogens with two attached hydrogens (primary N) is 1. The molecule has 2 rings (SSSR count). The van der Waals surface area contributed by atoms with Crippen molar-refractivity contribution in [2.24, 2.45) is 0 Å². The van der Waals surface area contributed by atoms with Crippen LogP contribution in [0.1, 0.15) is 13.3 Å². The highest BCUT2D eigenvalue weighted by molar-refractivity contribution is 9.10. The van der Waals surface area contributed by atoms with Gasteiger partial charge in [-0.2, -0.15) is 5.10 Å². The predicted octanol–water partition coefficient (Wildman–Crippen LogP) is 3.30. The molecule has 0 aliphatic carbocycles. The molecule has 0 radical (unpaired) electrons. The van der Waals surface area contributed by atoms with Crippen LogP contribution in [-0.2, 0) is 6.54 Å². The average Bonchev–Trinajstić information content (AvgIpc) is 2.61. The lowest BCUT2D eigenvalue weighted by Crippen LogP contribution is -2.03. The molecule has 1 heterocycles. The van der Waals surface area contributed by atoms with Crippen molar-refractivity contribution in [1.29, 1.82) is 0 Å². The molecular formula is C12H14BrN3. The Morgan fingerprint density at radius 3 is 2.88 bits per heavy atom. The van der Waals surface area contributed by atoms with Crippen LogP contribution in [0.3, 0.4) is 0 Å². The number of nitrogen functional groups attached to an aromatic ring is 1. The van der Waals surface area contributed by atoms with Gasteiger partial charge >= 0.3 is 0 Å². The second-order valence-corrected chi connectivity index (χ2v) is 4.60. The zero-order valence-electron chi connectivity index (χ0n) is 9.15. The highest BCUT2D eigenvalue weighted by Crippen LogP contribution is 2.23. The largest absolute Gasteiger partial charge is 0.384 e. The van der Waals surface area contributed by atoms with E-state index in [1.165, 1.54) is 0 Å². The summed E-state index contributed by atoms with van der Waals surface area (Å²) < 4.78 is 2.89. The van der Waals surface area contributed by atoms with E-state index >= 15 is 0 Å². The second kappa shape index (κ2) is 4.70. The van der Waals surface area contributed by atoms with Gasteiger partial charge in [0.2, 0.25) is 0 Å². The molecule has 84 valence electrons. The van der Waals surface area contributed by atoms with Crippen molar-refractivity contribution in [3.8, 4) is 11.3 Å². The van der Waals surface area contributed by atoms with E-state index in [1.54, 1.807) is 0 Å². The molecule has 0 fully saturated rings. The molecule has 0 aliphatic heterocycles. The molecule has 1 aromatic heterocycles. The van der Waals surface area contributed by atoms with E-state index in [0.717, 1.165) is 34.5 Å². The Hall–Kier alpha value is -1.29. The summed E-state index contributed by atoms with van der Waals surface area (Å²) in [5.41, 5.74) is 7.89. The van der Waals surface area contributed by atoms with Gasteiger partial charge in [-0.05, 0) is 18.6 Å². The third-order valence-corrected chi connectivity index (χ3v) is 2.86. The minimum Gasteiger partial charge on any atom is -0.384 e. The molecule has 0 aliphatic rings. The van der Waals surface area contributed by atoms with Crippen LogP contribution in [0.15, 0.2) is 34.8 Å². The summed E-state index contributed by atoms with van der Waals surface area (Å²) in [7, 11) is 0. The molecule has 0 unspecified atom stereocenters. The van der Waals surface area contributed by atoms with Gasteiger partial charge < -0.3 is 5.73 Å². The molecule has 0 saturated carbocycles. The fourth-order valence-electron chi connectivity index (χ4n) is 1.61. The lowest BCUT2D eigenvalue weighted by molar-refractivity contribution is 0.613. The Balaban J connectivity index is 2.37. The maximum Gasteiger partial charge on any atom is 0.122 e. The van der Waals surface area contributed by atoms with Gasteiger partial charge in [-0.3, -0.25) is 0 Å². The van der Waals surface area contributed by atoms with Crippen molar-refractivity contribution in [1.82, 2.24) is 9.78 Å². The van der Waals surface area contributed by atoms with Gasteiger partial charge in [-0.15, -0.1) is 0 Å². The first-order chi connectivity index (χ1) is 7.70. The fraction of sp³-hybridized carbons (Fsp3) is 0.250. The summed E-state index contributed by atoms with van der Waals surface area (Å²) in [6.07, 6.45) is 1.03. The lowest BCUT2D eigenvalue weighted by Gasteiger charge is -2.00. The molecule has 3 nitrogen and oxygen atoms in total. The number of aromatic nitrogens is 2. The quantitative estimate of drug-likeness (QED) is 0.937. The van der Waals surface area contributed by atoms with E-state index in [-0.39, 0.29) is 0 Å². The van der Waals surface area contributed by atoms with Gasteiger partial charge in [0.25, 0.3) is 0 Å². The molecule has 0 bridgehead atoms. The average molecular weight is 280 g/mol. The third kappa shape index (κ3) is 2.27. The first-order valence-electron chi connectivity index (χ1n) is 5.30. The van der Waals surface area contributed by atoms with E-state index in [1.807, 2.05) is 35.0 Å². The van der Waals surface area contributed by atoms with Gasteiger partial charge in [0.1, 0.15) is 5.82 Å². The molecule has 16 heavy (non-hydrogen) atoms. The number of anilines is 1. The molecular weight excluding hydrogens is 266 g/mol. The Kier molecular flexibility index (Phi) is 3.29. The summed E-state index contributed by atoms with van der Waals surface area (Å²) in [6, 6.07) is 9.97. The highest BCUT2D eigenvalue weighted by atomic mass is 79.9. The maximum absolute atomic E-state index is 5.89. The maximum atomic E-state index is 5.89. The predicted molar refractivity (Wildman–Crippen MR) is 70.1 cm³/mol. The Bertz CT molecular complexity index is 491. The van der Waals surface area contributed by atoms with Crippen LogP contribution in [0.25, 0.3) is 11.3 Å². The number of hydrogen-bond acceptors (Lipinski definition) is 2. The van der Waals surface area contributed by atoms with Crippen LogP contribution in [0.2, 0.25) is 0 Å². The number of halogens is 1. The van der Waals surface area contributed by atoms with Crippen LogP contribution in [0.5, 0.6) is 0 Å². The first-order valence-corrected chi connectivity index (χ1v) is 6.09. The summed E-state index contributed by atoms with van der Waals surface area (Å²) >= 11 is 3.45. The molecule has 0 atom stereocenters. The first kappa shape index (κ1) is 11.2. The number of benzene rings is 1. The van der Waals surface area contributed by atoms with Gasteiger partial charge in [0.15, 0.2) is 0 Å². The van der Waals surface area contributed by atoms with E-state index < -0.39 is 0 Å². The Morgan fingerprint density at radius 2 is 2.19 bits per heavy atom. The summed E-state index contributed by atoms with van der Waals surface area (Å²) in [5.74, 6) is 0.719. The van der Waals surface area contributed by atoms with Crippen LogP contribution >= 0.6 is 15.9 Å². The van der Waals surface area contributed by atoms with Crippen molar-refractivity contribution >= 4 is 21.7 Å². The van der Waals surface area contributed by atoms with Crippen molar-refractivity contribution in [2.75, 3.05) is 5.73 Å². The summed E-state index contributed by atoms with van der Waals surface area (Å²) in [4.78, 5) is 0. The second-order valence-electron chi connectivity index (χ2n) is 3.69. The topological polar surface area (TPSA) is 43.8 Å². The number of nitrogens with zero attached hydrogens (tertiary/aromatic N) is 2. The number of hydrogen-bond donors (Lipinski definition) is 1. The third-order valence-electron chi connectivity index (χ3n) is 2.37. The number of rotatable bonds is 3. The smallest absolute Gasteiger partial charge is 0.122 e. The fourth-order valence-corrected chi connectivity index (χ4v) is 2.01. The monoisotopic (exact) mass is 279 g/mol. The normalized spacial score (nSPS) is 10.6. The minimum atomic E-state index is 0.719. The standard InChI is InChI=1S/C12H14BrN3/c1-2-6-16-12(14)8-11(15-16)9-4-3-5-10(13)7-9/h3-5,7-8H,2,6,14H2,1H3. The van der Waals surface area contributed by atoms with E-state index in [9.17, 15) is 0 Å². The molecule has 1 aromatic carbocycles. The molecule has 4 heteroatoms. The highest BCUT2D eigenvalue weighted by Gasteiger charge is 2.06. The summed E-state index contributed by atoms with van der Waals surface area (Å²) in [5, 5.41) is 4.48. The van der Waals surface area contributed by atoms with Crippen molar-refractivity contribution < 1.29 is 0 Å². The Labute approximate surface area is 103 Å². The molecule has 2 aromatic rings. The van der Waals surface area contributed by atoms with Crippen molar-refractivity contribution in [3.05, 3.63) is 34.8 Å². The SMILES string of the molecule is CCCn1nc(-c2cccc(Br)c2)cc1N. The van der Waals surface area contributed by atoms with Crippen molar-refractivity contribution in [2.45, 2.75) is 19.9 Å². The van der Waals surface area contributed by atoms with E-state index in [4.69, 9.17) is 5.73 Å². The van der Waals surface area contributed by atoms with Crippen LogP contribution in [-0.4, -0.2) is 9.78 Å². The van der Waals surface area contributed by atoms with E-state index in [2.05, 4.69) is 28.0 Å².